The number of hydrogen-bond acceptors (Lipinski definition) is 5. The van der Waals surface area contributed by atoms with Crippen molar-refractivity contribution in [1.82, 2.24) is 0 Å². The van der Waals surface area contributed by atoms with Gasteiger partial charge < -0.3 is 14.4 Å². The van der Waals surface area contributed by atoms with E-state index in [-0.39, 0.29) is 32.8 Å². The summed E-state index contributed by atoms with van der Waals surface area (Å²) in [5, 5.41) is 0.251. The molecule has 1 aliphatic heterocycles. The second-order valence-corrected chi connectivity index (χ2v) is 9.14. The molecule has 0 fully saturated rings. The molecule has 0 aliphatic carbocycles. The number of carbonyl (C=O) groups is 1. The van der Waals surface area contributed by atoms with Crippen LogP contribution in [-0.2, 0) is 10.0 Å². The van der Waals surface area contributed by atoms with Gasteiger partial charge in [0, 0.05) is 17.8 Å². The molecule has 0 unspecified atom stereocenters. The molecule has 3 aromatic carbocycles. The Kier molecular flexibility index (Phi) is 5.28. The molecular formula is C22H19ClN2O5S. The highest BCUT2D eigenvalue weighted by Gasteiger charge is 2.27. The first-order valence-corrected chi connectivity index (χ1v) is 11.1. The van der Waals surface area contributed by atoms with Crippen molar-refractivity contribution < 1.29 is 22.7 Å². The van der Waals surface area contributed by atoms with Crippen LogP contribution >= 0.6 is 11.6 Å². The van der Waals surface area contributed by atoms with Crippen molar-refractivity contribution in [2.75, 3.05) is 23.8 Å². The number of aryl methyl sites for hydroxylation is 1. The van der Waals surface area contributed by atoms with Gasteiger partial charge in [-0.05, 0) is 61.0 Å². The van der Waals surface area contributed by atoms with E-state index >= 15 is 0 Å². The van der Waals surface area contributed by atoms with E-state index in [0.717, 1.165) is 5.56 Å². The predicted octanol–water partition coefficient (Wildman–Crippen LogP) is 4.84. The largest absolute Gasteiger partial charge is 0.495 e. The van der Waals surface area contributed by atoms with E-state index in [9.17, 15) is 13.2 Å². The number of nitrogens with zero attached hydrogens (tertiary/aromatic N) is 1. The van der Waals surface area contributed by atoms with E-state index in [0.29, 0.717) is 17.2 Å². The molecule has 9 heteroatoms. The number of sulfonamides is 1. The normalized spacial score (nSPS) is 13.0. The number of halogens is 1. The zero-order valence-electron chi connectivity index (χ0n) is 17.0. The second kappa shape index (κ2) is 7.79. The van der Waals surface area contributed by atoms with Crippen molar-refractivity contribution in [1.29, 1.82) is 0 Å². The molecule has 0 saturated heterocycles. The van der Waals surface area contributed by atoms with E-state index in [1.807, 2.05) is 19.1 Å². The Morgan fingerprint density at radius 2 is 1.77 bits per heavy atom. The molecule has 0 spiro atoms. The predicted molar refractivity (Wildman–Crippen MR) is 119 cm³/mol. The van der Waals surface area contributed by atoms with Crippen molar-refractivity contribution in [2.24, 2.45) is 0 Å². The summed E-state index contributed by atoms with van der Waals surface area (Å²) >= 11 is 5.97. The molecule has 160 valence electrons. The number of hydrogen-bond donors (Lipinski definition) is 1. The fourth-order valence-corrected chi connectivity index (χ4v) is 4.79. The summed E-state index contributed by atoms with van der Waals surface area (Å²) in [5.74, 6) is 0.706. The van der Waals surface area contributed by atoms with Crippen LogP contribution in [0.2, 0.25) is 5.02 Å². The standard InChI is InChI=1S/C22H19ClN2O5S/c1-13-4-7-19-17(10-13)25(2)22(26)16-12-15(6-9-18(16)30-19)24-31(27,28)21-11-14(23)5-8-20(21)29-3/h4-12,24H,1-3H3. The Labute approximate surface area is 185 Å². The maximum Gasteiger partial charge on any atom is 0.265 e. The van der Waals surface area contributed by atoms with Gasteiger partial charge in [0.15, 0.2) is 5.75 Å². The summed E-state index contributed by atoms with van der Waals surface area (Å²) in [6.07, 6.45) is 0. The van der Waals surface area contributed by atoms with Gasteiger partial charge in [-0.25, -0.2) is 8.42 Å². The maximum atomic E-state index is 13.1. The van der Waals surface area contributed by atoms with E-state index in [1.54, 1.807) is 19.2 Å². The first kappa shape index (κ1) is 21.0. The van der Waals surface area contributed by atoms with Gasteiger partial charge in [0.05, 0.1) is 18.4 Å². The average molecular weight is 459 g/mol. The van der Waals surface area contributed by atoms with Gasteiger partial charge in [0.2, 0.25) is 0 Å². The number of benzene rings is 3. The van der Waals surface area contributed by atoms with E-state index in [1.165, 1.54) is 42.3 Å². The second-order valence-electron chi connectivity index (χ2n) is 7.05. The lowest BCUT2D eigenvalue weighted by atomic mass is 10.1. The third-order valence-electron chi connectivity index (χ3n) is 4.88. The monoisotopic (exact) mass is 458 g/mol. The SMILES string of the molecule is COc1ccc(Cl)cc1S(=O)(=O)Nc1ccc2c(c1)C(=O)N(C)c1cc(C)ccc1O2. The number of nitrogens with one attached hydrogen (secondary N) is 1. The van der Waals surface area contributed by atoms with Gasteiger partial charge >= 0.3 is 0 Å². The molecule has 1 amide bonds. The van der Waals surface area contributed by atoms with Crippen molar-refractivity contribution in [3.05, 3.63) is 70.7 Å². The summed E-state index contributed by atoms with van der Waals surface area (Å²) in [4.78, 5) is 14.4. The summed E-state index contributed by atoms with van der Waals surface area (Å²) in [6.45, 7) is 1.92. The molecule has 0 aromatic heterocycles. The summed E-state index contributed by atoms with van der Waals surface area (Å²) < 4.78 is 39.5. The van der Waals surface area contributed by atoms with Gasteiger partial charge in [0.25, 0.3) is 15.9 Å². The molecule has 3 aromatic rings. The number of amides is 1. The molecule has 1 N–H and O–H groups in total. The molecule has 31 heavy (non-hydrogen) atoms. The van der Waals surface area contributed by atoms with Gasteiger partial charge in [-0.3, -0.25) is 9.52 Å². The Morgan fingerprint density at radius 1 is 1.03 bits per heavy atom. The van der Waals surface area contributed by atoms with Crippen molar-refractivity contribution in [3.63, 3.8) is 0 Å². The number of carbonyl (C=O) groups excluding carboxylic acids is 1. The molecule has 0 bridgehead atoms. The quantitative estimate of drug-likeness (QED) is 0.604. The Morgan fingerprint density at radius 3 is 2.52 bits per heavy atom. The third-order valence-corrected chi connectivity index (χ3v) is 6.52. The van der Waals surface area contributed by atoms with Crippen LogP contribution in [0.5, 0.6) is 17.2 Å². The molecular weight excluding hydrogens is 440 g/mol. The van der Waals surface area contributed by atoms with Gasteiger partial charge in [-0.15, -0.1) is 0 Å². The zero-order valence-corrected chi connectivity index (χ0v) is 18.5. The highest BCUT2D eigenvalue weighted by atomic mass is 35.5. The van der Waals surface area contributed by atoms with Gasteiger partial charge in [-0.2, -0.15) is 0 Å². The van der Waals surface area contributed by atoms with Crippen LogP contribution in [0.15, 0.2) is 59.5 Å². The van der Waals surface area contributed by atoms with Crippen LogP contribution < -0.4 is 19.1 Å². The molecule has 0 radical (unpaired) electrons. The fourth-order valence-electron chi connectivity index (χ4n) is 3.30. The van der Waals surface area contributed by atoms with E-state index in [4.69, 9.17) is 21.1 Å². The fraction of sp³-hybridized carbons (Fsp3) is 0.136. The van der Waals surface area contributed by atoms with Crippen molar-refractivity contribution >= 4 is 38.9 Å². The minimum absolute atomic E-state index is 0.111. The number of fused-ring (bicyclic) bond motifs is 2. The molecule has 1 aliphatic rings. The van der Waals surface area contributed by atoms with E-state index in [2.05, 4.69) is 4.72 Å². The van der Waals surface area contributed by atoms with Gasteiger partial charge in [0.1, 0.15) is 16.4 Å². The smallest absolute Gasteiger partial charge is 0.265 e. The number of rotatable bonds is 4. The molecule has 1 heterocycles. The number of methoxy groups -OCH3 is 1. The molecule has 7 nitrogen and oxygen atoms in total. The van der Waals surface area contributed by atoms with Crippen molar-refractivity contribution in [2.45, 2.75) is 11.8 Å². The van der Waals surface area contributed by atoms with Crippen LogP contribution in [0.1, 0.15) is 15.9 Å². The lowest BCUT2D eigenvalue weighted by molar-refractivity contribution is 0.0993. The Hall–Kier alpha value is -3.23. The number of ether oxygens (including phenoxy) is 2. The van der Waals surface area contributed by atoms with Crippen LogP contribution in [0.3, 0.4) is 0 Å². The summed E-state index contributed by atoms with van der Waals surface area (Å²) in [7, 11) is -1.01. The highest BCUT2D eigenvalue weighted by molar-refractivity contribution is 7.92. The zero-order chi connectivity index (χ0) is 22.3. The van der Waals surface area contributed by atoms with E-state index < -0.39 is 10.0 Å². The lowest BCUT2D eigenvalue weighted by Crippen LogP contribution is -2.25. The minimum Gasteiger partial charge on any atom is -0.495 e. The Bertz CT molecular complexity index is 1310. The topological polar surface area (TPSA) is 84.9 Å². The average Bonchev–Trinajstić information content (AvgIpc) is 2.83. The van der Waals surface area contributed by atoms with Crippen LogP contribution in [0.4, 0.5) is 11.4 Å². The minimum atomic E-state index is -4.03. The van der Waals surface area contributed by atoms with Crippen LogP contribution in [-0.4, -0.2) is 28.5 Å². The third kappa shape index (κ3) is 3.92. The van der Waals surface area contributed by atoms with Crippen LogP contribution in [0, 0.1) is 6.92 Å². The molecule has 4 rings (SSSR count). The summed E-state index contributed by atoms with van der Waals surface area (Å²) in [5.41, 5.74) is 2.05. The summed E-state index contributed by atoms with van der Waals surface area (Å²) in [6, 6.07) is 14.4. The Balaban J connectivity index is 1.72. The van der Waals surface area contributed by atoms with Crippen LogP contribution in [0.25, 0.3) is 0 Å². The van der Waals surface area contributed by atoms with Gasteiger partial charge in [-0.1, -0.05) is 17.7 Å². The first-order valence-electron chi connectivity index (χ1n) is 9.26. The molecule has 0 atom stereocenters. The maximum absolute atomic E-state index is 13.1. The van der Waals surface area contributed by atoms with Crippen molar-refractivity contribution in [3.8, 4) is 17.2 Å². The number of anilines is 2. The first-order chi connectivity index (χ1) is 14.7. The highest BCUT2D eigenvalue weighted by Crippen LogP contribution is 2.40. The molecule has 0 saturated carbocycles. The lowest BCUT2D eigenvalue weighted by Gasteiger charge is -2.17.